The molecule has 5 rings (SSSR count). The van der Waals surface area contributed by atoms with E-state index in [0.717, 1.165) is 16.7 Å². The predicted octanol–water partition coefficient (Wildman–Crippen LogP) is 4.08. The number of halogens is 1. The Morgan fingerprint density at radius 3 is 2.41 bits per heavy atom. The zero-order valence-electron chi connectivity index (χ0n) is 15.4. The molecular weight excluding hydrogens is 390 g/mol. The third-order valence-electron chi connectivity index (χ3n) is 4.93. The van der Waals surface area contributed by atoms with Gasteiger partial charge in [-0.2, -0.15) is 4.98 Å². The summed E-state index contributed by atoms with van der Waals surface area (Å²) >= 11 is 6.49. The fourth-order valence-corrected chi connectivity index (χ4v) is 3.64. The van der Waals surface area contributed by atoms with Crippen molar-refractivity contribution in [3.8, 4) is 28.4 Å². The van der Waals surface area contributed by atoms with Crippen LogP contribution in [-0.2, 0) is 4.74 Å². The summed E-state index contributed by atoms with van der Waals surface area (Å²) < 4.78 is 10.9. The van der Waals surface area contributed by atoms with E-state index in [4.69, 9.17) is 21.1 Å². The lowest BCUT2D eigenvalue weighted by Crippen LogP contribution is -2.30. The number of rotatable bonds is 4. The Balaban J connectivity index is 1.44. The van der Waals surface area contributed by atoms with Crippen molar-refractivity contribution in [2.75, 3.05) is 13.2 Å². The van der Waals surface area contributed by atoms with Crippen molar-refractivity contribution in [2.45, 2.75) is 12.2 Å². The molecule has 0 amide bonds. The normalized spacial score (nSPS) is 19.0. The van der Waals surface area contributed by atoms with Crippen molar-refractivity contribution >= 4 is 22.8 Å². The number of H-pyrrole nitrogens is 1. The number of fused-ring (bicyclic) bond motifs is 1. The Hall–Kier alpha value is -2.93. The maximum Gasteiger partial charge on any atom is 0.296 e. The molecule has 0 radical (unpaired) electrons. The van der Waals surface area contributed by atoms with Crippen LogP contribution in [-0.4, -0.2) is 45.5 Å². The second-order valence-electron chi connectivity index (χ2n) is 6.94. The summed E-state index contributed by atoms with van der Waals surface area (Å²) in [5.74, 6) is 0. The lowest BCUT2D eigenvalue weighted by atomic mass is 10.0. The van der Waals surface area contributed by atoms with Crippen molar-refractivity contribution in [2.24, 2.45) is 0 Å². The van der Waals surface area contributed by atoms with E-state index in [2.05, 4.69) is 27.1 Å². The first-order chi connectivity index (χ1) is 14.2. The van der Waals surface area contributed by atoms with E-state index >= 15 is 0 Å². The SMILES string of the molecule is OC1COCC1Oc1nc2nc(-c3ccc(-c4ccccc4)cc3)c(Cl)cc2[nH]1. The first kappa shape index (κ1) is 18.1. The summed E-state index contributed by atoms with van der Waals surface area (Å²) in [7, 11) is 0. The van der Waals surface area contributed by atoms with Crippen LogP contribution in [0.15, 0.2) is 60.7 Å². The molecule has 29 heavy (non-hydrogen) atoms. The van der Waals surface area contributed by atoms with Gasteiger partial charge in [-0.1, -0.05) is 66.2 Å². The van der Waals surface area contributed by atoms with Gasteiger partial charge in [0.2, 0.25) is 0 Å². The van der Waals surface area contributed by atoms with Gasteiger partial charge >= 0.3 is 0 Å². The van der Waals surface area contributed by atoms with Gasteiger partial charge in [-0.15, -0.1) is 0 Å². The summed E-state index contributed by atoms with van der Waals surface area (Å²) in [6.07, 6.45) is -1.12. The number of ether oxygens (including phenoxy) is 2. The molecule has 0 bridgehead atoms. The number of aromatic amines is 1. The van der Waals surface area contributed by atoms with Crippen molar-refractivity contribution in [3.63, 3.8) is 0 Å². The highest BCUT2D eigenvalue weighted by Gasteiger charge is 2.29. The van der Waals surface area contributed by atoms with Gasteiger partial charge in [-0.05, 0) is 17.2 Å². The average molecular weight is 408 g/mol. The van der Waals surface area contributed by atoms with Crippen LogP contribution in [0.2, 0.25) is 5.02 Å². The second-order valence-corrected chi connectivity index (χ2v) is 7.34. The molecule has 2 aromatic carbocycles. The highest BCUT2D eigenvalue weighted by molar-refractivity contribution is 6.33. The molecule has 0 saturated carbocycles. The van der Waals surface area contributed by atoms with Crippen molar-refractivity contribution in [1.29, 1.82) is 0 Å². The van der Waals surface area contributed by atoms with E-state index in [1.807, 2.05) is 42.5 Å². The van der Waals surface area contributed by atoms with E-state index in [1.54, 1.807) is 6.07 Å². The van der Waals surface area contributed by atoms with Crippen LogP contribution in [0.5, 0.6) is 6.01 Å². The maximum absolute atomic E-state index is 9.84. The second kappa shape index (κ2) is 7.48. The zero-order valence-corrected chi connectivity index (χ0v) is 16.1. The Morgan fingerprint density at radius 1 is 0.966 bits per heavy atom. The number of benzene rings is 2. The fraction of sp³-hybridized carbons (Fsp3) is 0.182. The number of hydrogen-bond donors (Lipinski definition) is 2. The molecule has 6 nitrogen and oxygen atoms in total. The zero-order chi connectivity index (χ0) is 19.8. The Kier molecular flexibility index (Phi) is 4.67. The van der Waals surface area contributed by atoms with Gasteiger partial charge < -0.3 is 19.6 Å². The number of aliphatic hydroxyl groups excluding tert-OH is 1. The molecule has 1 fully saturated rings. The van der Waals surface area contributed by atoms with Crippen LogP contribution >= 0.6 is 11.6 Å². The highest BCUT2D eigenvalue weighted by Crippen LogP contribution is 2.31. The summed E-state index contributed by atoms with van der Waals surface area (Å²) in [5, 5.41) is 10.4. The number of nitrogens with zero attached hydrogens (tertiary/aromatic N) is 2. The van der Waals surface area contributed by atoms with Crippen LogP contribution in [0, 0.1) is 0 Å². The van der Waals surface area contributed by atoms with Gasteiger partial charge in [-0.3, -0.25) is 0 Å². The Morgan fingerprint density at radius 2 is 1.69 bits per heavy atom. The number of aliphatic hydroxyl groups is 1. The summed E-state index contributed by atoms with van der Waals surface area (Å²) in [4.78, 5) is 12.0. The van der Waals surface area contributed by atoms with E-state index in [9.17, 15) is 5.11 Å². The molecule has 0 spiro atoms. The molecule has 4 aromatic rings. The van der Waals surface area contributed by atoms with Crippen LogP contribution in [0.3, 0.4) is 0 Å². The van der Waals surface area contributed by atoms with Gasteiger partial charge in [0, 0.05) is 5.56 Å². The molecule has 2 atom stereocenters. The molecule has 0 aliphatic carbocycles. The van der Waals surface area contributed by atoms with Gasteiger partial charge in [-0.25, -0.2) is 4.98 Å². The fourth-order valence-electron chi connectivity index (χ4n) is 3.38. The molecule has 2 unspecified atom stereocenters. The lowest BCUT2D eigenvalue weighted by molar-refractivity contribution is 0.0679. The standard InChI is InChI=1S/C22H18ClN3O3/c23-16-10-17-21(26-22(24-17)29-19-12-28-11-18(19)27)25-20(16)15-8-6-14(7-9-15)13-4-2-1-3-5-13/h1-10,18-19,27H,11-12H2,(H,24,25,26). The molecule has 146 valence electrons. The highest BCUT2D eigenvalue weighted by atomic mass is 35.5. The van der Waals surface area contributed by atoms with Crippen LogP contribution in [0.4, 0.5) is 0 Å². The molecule has 2 N–H and O–H groups in total. The van der Waals surface area contributed by atoms with Crippen LogP contribution in [0.25, 0.3) is 33.5 Å². The van der Waals surface area contributed by atoms with Gasteiger partial charge in [0.1, 0.15) is 6.10 Å². The minimum atomic E-state index is -0.668. The summed E-state index contributed by atoms with van der Waals surface area (Å²) in [6.45, 7) is 0.587. The van der Waals surface area contributed by atoms with E-state index in [-0.39, 0.29) is 12.6 Å². The number of imidazole rings is 1. The molecule has 3 heterocycles. The van der Waals surface area contributed by atoms with E-state index < -0.39 is 12.2 Å². The quantitative estimate of drug-likeness (QED) is 0.532. The molecule has 7 heteroatoms. The Bertz CT molecular complexity index is 1150. The van der Waals surface area contributed by atoms with Crippen molar-refractivity contribution < 1.29 is 14.6 Å². The topological polar surface area (TPSA) is 80.3 Å². The summed E-state index contributed by atoms with van der Waals surface area (Å²) in [6, 6.07) is 20.3. The number of hydrogen-bond acceptors (Lipinski definition) is 5. The molecular formula is C22H18ClN3O3. The van der Waals surface area contributed by atoms with Crippen molar-refractivity contribution in [3.05, 3.63) is 65.7 Å². The van der Waals surface area contributed by atoms with Crippen LogP contribution in [0.1, 0.15) is 0 Å². The van der Waals surface area contributed by atoms with Gasteiger partial charge in [0.15, 0.2) is 11.8 Å². The van der Waals surface area contributed by atoms with E-state index in [1.165, 1.54) is 0 Å². The summed E-state index contributed by atoms with van der Waals surface area (Å²) in [5.41, 5.74) is 5.01. The first-order valence-corrected chi connectivity index (χ1v) is 9.70. The van der Waals surface area contributed by atoms with Gasteiger partial charge in [0.05, 0.1) is 29.4 Å². The lowest BCUT2D eigenvalue weighted by Gasteiger charge is -2.11. The Labute approximate surface area is 172 Å². The van der Waals surface area contributed by atoms with Crippen LogP contribution < -0.4 is 4.74 Å². The number of pyridine rings is 1. The molecule has 2 aromatic heterocycles. The van der Waals surface area contributed by atoms with Gasteiger partial charge in [0.25, 0.3) is 6.01 Å². The molecule has 1 aliphatic rings. The monoisotopic (exact) mass is 407 g/mol. The molecule has 1 aliphatic heterocycles. The molecule has 1 saturated heterocycles. The third kappa shape index (κ3) is 3.58. The minimum Gasteiger partial charge on any atom is -0.456 e. The number of aromatic nitrogens is 3. The number of nitrogens with one attached hydrogen (secondary N) is 1. The van der Waals surface area contributed by atoms with Crippen molar-refractivity contribution in [1.82, 2.24) is 15.0 Å². The first-order valence-electron chi connectivity index (χ1n) is 9.32. The predicted molar refractivity (Wildman–Crippen MR) is 111 cm³/mol. The van der Waals surface area contributed by atoms with E-state index in [0.29, 0.717) is 28.5 Å². The largest absolute Gasteiger partial charge is 0.456 e. The third-order valence-corrected chi connectivity index (χ3v) is 5.22. The maximum atomic E-state index is 9.84. The average Bonchev–Trinajstić information content (AvgIpc) is 3.33. The smallest absolute Gasteiger partial charge is 0.296 e. The minimum absolute atomic E-state index is 0.262.